The maximum atomic E-state index is 12.6. The first-order chi connectivity index (χ1) is 13.4. The fourth-order valence-electron chi connectivity index (χ4n) is 3.33. The lowest BCUT2D eigenvalue weighted by molar-refractivity contribution is -0.128. The Balaban J connectivity index is 1.99. The molecule has 146 valence electrons. The zero-order valence-electron chi connectivity index (χ0n) is 16.4. The SMILES string of the molecule is CCOc1ccc(-n2c(C)cc(/C=C3\C(=O)NC(=S)N(CC)C3=O)c2C)cc1. The molecule has 1 aliphatic heterocycles. The van der Waals surface area contributed by atoms with Gasteiger partial charge in [-0.3, -0.25) is 19.8 Å². The first-order valence-corrected chi connectivity index (χ1v) is 9.59. The van der Waals surface area contributed by atoms with Crippen molar-refractivity contribution in [2.24, 2.45) is 0 Å². The molecule has 2 amide bonds. The third-order valence-electron chi connectivity index (χ3n) is 4.68. The summed E-state index contributed by atoms with van der Waals surface area (Å²) in [6.45, 7) is 8.73. The van der Waals surface area contributed by atoms with Crippen LogP contribution in [0.25, 0.3) is 11.8 Å². The molecule has 1 aromatic heterocycles. The van der Waals surface area contributed by atoms with Crippen LogP contribution >= 0.6 is 12.2 Å². The van der Waals surface area contributed by atoms with Crippen molar-refractivity contribution in [3.8, 4) is 11.4 Å². The molecular weight excluding hydrogens is 374 g/mol. The highest BCUT2D eigenvalue weighted by atomic mass is 32.1. The van der Waals surface area contributed by atoms with Crippen molar-refractivity contribution < 1.29 is 14.3 Å². The van der Waals surface area contributed by atoms with Crippen LogP contribution in [0, 0.1) is 13.8 Å². The summed E-state index contributed by atoms with van der Waals surface area (Å²) in [7, 11) is 0. The Morgan fingerprint density at radius 2 is 1.82 bits per heavy atom. The Morgan fingerprint density at radius 1 is 1.14 bits per heavy atom. The molecule has 3 rings (SSSR count). The Hall–Kier alpha value is -2.93. The van der Waals surface area contributed by atoms with E-state index in [2.05, 4.69) is 9.88 Å². The molecule has 6 nitrogen and oxygen atoms in total. The molecule has 1 fully saturated rings. The largest absolute Gasteiger partial charge is 0.494 e. The number of likely N-dealkylation sites (N-methyl/N-ethyl adjacent to an activating group) is 1. The van der Waals surface area contributed by atoms with E-state index in [0.29, 0.717) is 13.2 Å². The molecule has 0 radical (unpaired) electrons. The minimum atomic E-state index is -0.467. The van der Waals surface area contributed by atoms with Crippen LogP contribution in [-0.2, 0) is 9.59 Å². The van der Waals surface area contributed by atoms with Gasteiger partial charge < -0.3 is 9.30 Å². The molecule has 1 aromatic carbocycles. The summed E-state index contributed by atoms with van der Waals surface area (Å²) in [6, 6.07) is 9.78. The number of carbonyl (C=O) groups excluding carboxylic acids is 2. The number of hydrogen-bond acceptors (Lipinski definition) is 4. The zero-order chi connectivity index (χ0) is 20.4. The fourth-order valence-corrected chi connectivity index (χ4v) is 3.63. The minimum absolute atomic E-state index is 0.0855. The quantitative estimate of drug-likeness (QED) is 0.478. The lowest BCUT2D eigenvalue weighted by atomic mass is 10.1. The van der Waals surface area contributed by atoms with E-state index in [4.69, 9.17) is 17.0 Å². The van der Waals surface area contributed by atoms with Crippen molar-refractivity contribution in [2.75, 3.05) is 13.2 Å². The Labute approximate surface area is 169 Å². The summed E-state index contributed by atoms with van der Waals surface area (Å²) < 4.78 is 7.58. The lowest BCUT2D eigenvalue weighted by Gasteiger charge is -2.27. The van der Waals surface area contributed by atoms with E-state index < -0.39 is 5.91 Å². The number of ether oxygens (including phenoxy) is 1. The fraction of sp³-hybridized carbons (Fsp3) is 0.286. The van der Waals surface area contributed by atoms with E-state index in [9.17, 15) is 9.59 Å². The third-order valence-corrected chi connectivity index (χ3v) is 5.00. The highest BCUT2D eigenvalue weighted by Crippen LogP contribution is 2.25. The highest BCUT2D eigenvalue weighted by molar-refractivity contribution is 7.80. The van der Waals surface area contributed by atoms with Gasteiger partial charge in [0.05, 0.1) is 6.61 Å². The van der Waals surface area contributed by atoms with E-state index in [1.807, 2.05) is 58.0 Å². The predicted molar refractivity (Wildman–Crippen MR) is 113 cm³/mol. The first kappa shape index (κ1) is 19.8. The molecule has 0 unspecified atom stereocenters. The van der Waals surface area contributed by atoms with Gasteiger partial charge in [0.15, 0.2) is 5.11 Å². The average molecular weight is 398 g/mol. The van der Waals surface area contributed by atoms with Gasteiger partial charge in [-0.15, -0.1) is 0 Å². The number of nitrogens with one attached hydrogen (secondary N) is 1. The maximum Gasteiger partial charge on any atom is 0.265 e. The summed E-state index contributed by atoms with van der Waals surface area (Å²) >= 11 is 5.07. The molecule has 1 N–H and O–H groups in total. The van der Waals surface area contributed by atoms with Crippen LogP contribution in [0.2, 0.25) is 0 Å². The Morgan fingerprint density at radius 3 is 2.43 bits per heavy atom. The number of carbonyl (C=O) groups is 2. The van der Waals surface area contributed by atoms with Crippen molar-refractivity contribution in [1.82, 2.24) is 14.8 Å². The Bertz CT molecular complexity index is 974. The van der Waals surface area contributed by atoms with Crippen molar-refractivity contribution in [1.29, 1.82) is 0 Å². The van der Waals surface area contributed by atoms with Gasteiger partial charge in [0.25, 0.3) is 11.8 Å². The van der Waals surface area contributed by atoms with Gasteiger partial charge >= 0.3 is 0 Å². The minimum Gasteiger partial charge on any atom is -0.494 e. The number of nitrogens with zero attached hydrogens (tertiary/aromatic N) is 2. The van der Waals surface area contributed by atoms with E-state index in [1.54, 1.807) is 6.08 Å². The van der Waals surface area contributed by atoms with Gasteiger partial charge in [-0.1, -0.05) is 0 Å². The maximum absolute atomic E-state index is 12.6. The molecule has 0 saturated carbocycles. The van der Waals surface area contributed by atoms with Crippen LogP contribution in [0.5, 0.6) is 5.75 Å². The molecular formula is C21H23N3O3S. The van der Waals surface area contributed by atoms with Crippen molar-refractivity contribution in [2.45, 2.75) is 27.7 Å². The molecule has 2 heterocycles. The van der Waals surface area contributed by atoms with Gasteiger partial charge in [0.2, 0.25) is 0 Å². The first-order valence-electron chi connectivity index (χ1n) is 9.18. The van der Waals surface area contributed by atoms with Crippen LogP contribution in [0.3, 0.4) is 0 Å². The number of aryl methyl sites for hydroxylation is 1. The van der Waals surface area contributed by atoms with Gasteiger partial charge in [0.1, 0.15) is 11.3 Å². The average Bonchev–Trinajstić information content (AvgIpc) is 2.93. The summed E-state index contributed by atoms with van der Waals surface area (Å²) in [6.07, 6.45) is 1.63. The monoisotopic (exact) mass is 397 g/mol. The second-order valence-corrected chi connectivity index (χ2v) is 6.84. The number of thiocarbonyl (C=S) groups is 1. The van der Waals surface area contributed by atoms with Crippen LogP contribution < -0.4 is 10.1 Å². The molecule has 0 bridgehead atoms. The predicted octanol–water partition coefficient (Wildman–Crippen LogP) is 3.14. The van der Waals surface area contributed by atoms with Crippen LogP contribution in [-0.4, -0.2) is 39.5 Å². The molecule has 0 aliphatic carbocycles. The number of amides is 2. The second-order valence-electron chi connectivity index (χ2n) is 6.46. The summed E-state index contributed by atoms with van der Waals surface area (Å²) in [4.78, 5) is 26.3. The summed E-state index contributed by atoms with van der Waals surface area (Å²) in [5.74, 6) is -0.0242. The second kappa shape index (κ2) is 7.98. The zero-order valence-corrected chi connectivity index (χ0v) is 17.2. The molecule has 0 spiro atoms. The topological polar surface area (TPSA) is 63.6 Å². The molecule has 7 heteroatoms. The van der Waals surface area contributed by atoms with Crippen molar-refractivity contribution in [3.05, 3.63) is 52.9 Å². The third kappa shape index (κ3) is 3.57. The van der Waals surface area contributed by atoms with Crippen LogP contribution in [0.1, 0.15) is 30.8 Å². The number of aromatic nitrogens is 1. The molecule has 1 saturated heterocycles. The van der Waals surface area contributed by atoms with E-state index >= 15 is 0 Å². The van der Waals surface area contributed by atoms with Crippen LogP contribution in [0.4, 0.5) is 0 Å². The van der Waals surface area contributed by atoms with Gasteiger partial charge in [-0.05, 0) is 81.9 Å². The van der Waals surface area contributed by atoms with Crippen LogP contribution in [0.15, 0.2) is 35.9 Å². The smallest absolute Gasteiger partial charge is 0.265 e. The number of hydrogen-bond donors (Lipinski definition) is 1. The standard InChI is InChI=1S/C21H23N3O3S/c1-5-23-20(26)18(19(25)22-21(23)28)12-15-11-13(3)24(14(15)4)16-7-9-17(10-8-16)27-6-2/h7-12H,5-6H2,1-4H3,(H,22,25,28)/b18-12+. The Kier molecular flexibility index (Phi) is 5.65. The van der Waals surface area contributed by atoms with Crippen molar-refractivity contribution >= 4 is 35.2 Å². The molecule has 1 aliphatic rings. The summed E-state index contributed by atoms with van der Waals surface area (Å²) in [5.41, 5.74) is 3.82. The van der Waals surface area contributed by atoms with E-state index in [0.717, 1.165) is 28.4 Å². The number of rotatable bonds is 5. The van der Waals surface area contributed by atoms with Gasteiger partial charge in [-0.2, -0.15) is 0 Å². The molecule has 0 atom stereocenters. The molecule has 28 heavy (non-hydrogen) atoms. The van der Waals surface area contributed by atoms with Crippen molar-refractivity contribution in [3.63, 3.8) is 0 Å². The lowest BCUT2D eigenvalue weighted by Crippen LogP contribution is -2.53. The summed E-state index contributed by atoms with van der Waals surface area (Å²) in [5, 5.41) is 2.73. The molecule has 2 aromatic rings. The van der Waals surface area contributed by atoms with Gasteiger partial charge in [0, 0.05) is 23.6 Å². The number of benzene rings is 1. The normalized spacial score (nSPS) is 15.9. The van der Waals surface area contributed by atoms with E-state index in [1.165, 1.54) is 4.90 Å². The van der Waals surface area contributed by atoms with Gasteiger partial charge in [-0.25, -0.2) is 0 Å². The highest BCUT2D eigenvalue weighted by Gasteiger charge is 2.32. The van der Waals surface area contributed by atoms with E-state index in [-0.39, 0.29) is 16.6 Å².